The Labute approximate surface area is 134 Å². The van der Waals surface area contributed by atoms with E-state index in [1.807, 2.05) is 6.07 Å². The Morgan fingerprint density at radius 2 is 2.00 bits per heavy atom. The van der Waals surface area contributed by atoms with Crippen LogP contribution in [0.4, 0.5) is 5.69 Å². The van der Waals surface area contributed by atoms with Crippen molar-refractivity contribution in [3.63, 3.8) is 0 Å². The van der Waals surface area contributed by atoms with Crippen molar-refractivity contribution in [2.24, 2.45) is 0 Å². The molecule has 0 aliphatic carbocycles. The van der Waals surface area contributed by atoms with E-state index in [0.29, 0.717) is 16.9 Å². The molecular formula is C12H12Br2N2O3S. The molecule has 0 bridgehead atoms. The maximum absolute atomic E-state index is 11.7. The summed E-state index contributed by atoms with van der Waals surface area (Å²) in [5.41, 5.74) is 0.699. The summed E-state index contributed by atoms with van der Waals surface area (Å²) in [6.45, 7) is 0.452. The molecule has 0 radical (unpaired) electrons. The molecule has 0 saturated carbocycles. The molecule has 1 heterocycles. The van der Waals surface area contributed by atoms with Crippen molar-refractivity contribution in [1.82, 2.24) is 4.72 Å². The highest BCUT2D eigenvalue weighted by Gasteiger charge is 2.11. The third kappa shape index (κ3) is 3.63. The van der Waals surface area contributed by atoms with Crippen LogP contribution in [0.5, 0.6) is 0 Å². The Morgan fingerprint density at radius 1 is 1.25 bits per heavy atom. The van der Waals surface area contributed by atoms with E-state index in [1.54, 1.807) is 18.2 Å². The summed E-state index contributed by atoms with van der Waals surface area (Å²) >= 11 is 6.59. The molecule has 0 amide bonds. The Bertz CT molecular complexity index is 694. The Kier molecular flexibility index (Phi) is 4.90. The molecule has 2 N–H and O–H groups in total. The van der Waals surface area contributed by atoms with Crippen molar-refractivity contribution in [3.8, 4) is 0 Å². The van der Waals surface area contributed by atoms with Crippen LogP contribution >= 0.6 is 31.9 Å². The first-order valence-corrected chi connectivity index (χ1v) is 8.70. The molecule has 1 aromatic carbocycles. The average molecular weight is 424 g/mol. The molecule has 108 valence electrons. The quantitative estimate of drug-likeness (QED) is 0.773. The topological polar surface area (TPSA) is 71.3 Å². The highest BCUT2D eigenvalue weighted by molar-refractivity contribution is 9.13. The number of hydrogen-bond acceptors (Lipinski definition) is 4. The van der Waals surface area contributed by atoms with Crippen molar-refractivity contribution >= 4 is 47.6 Å². The molecule has 0 fully saturated rings. The molecule has 2 aromatic rings. The molecule has 0 aliphatic rings. The molecule has 1 aromatic heterocycles. The SMILES string of the molecule is CNS(=O)(=O)c1cccc(NCc2cc(Br)c(Br)o2)c1. The highest BCUT2D eigenvalue weighted by atomic mass is 79.9. The minimum Gasteiger partial charge on any atom is -0.451 e. The van der Waals surface area contributed by atoms with Crippen LogP contribution in [0, 0.1) is 0 Å². The van der Waals surface area contributed by atoms with Crippen LogP contribution in [0.1, 0.15) is 5.76 Å². The molecule has 0 spiro atoms. The lowest BCUT2D eigenvalue weighted by atomic mass is 10.3. The summed E-state index contributed by atoms with van der Waals surface area (Å²) in [5, 5.41) is 3.11. The number of anilines is 1. The molecule has 20 heavy (non-hydrogen) atoms. The molecular weight excluding hydrogens is 412 g/mol. The number of nitrogens with one attached hydrogen (secondary N) is 2. The minimum absolute atomic E-state index is 0.215. The molecule has 0 atom stereocenters. The number of rotatable bonds is 5. The largest absolute Gasteiger partial charge is 0.451 e. The monoisotopic (exact) mass is 422 g/mol. The third-order valence-corrected chi connectivity index (χ3v) is 5.70. The van der Waals surface area contributed by atoms with Crippen LogP contribution in [0.15, 0.2) is 48.8 Å². The van der Waals surface area contributed by atoms with Gasteiger partial charge in [-0.1, -0.05) is 6.07 Å². The van der Waals surface area contributed by atoms with Crippen LogP contribution in [0.3, 0.4) is 0 Å². The number of sulfonamides is 1. The summed E-state index contributed by atoms with van der Waals surface area (Å²) in [6.07, 6.45) is 0. The van der Waals surface area contributed by atoms with Crippen LogP contribution in [-0.4, -0.2) is 15.5 Å². The smallest absolute Gasteiger partial charge is 0.240 e. The van der Waals surface area contributed by atoms with Crippen molar-refractivity contribution < 1.29 is 12.8 Å². The lowest BCUT2D eigenvalue weighted by molar-refractivity contribution is 0.494. The first kappa shape index (κ1) is 15.6. The number of hydrogen-bond donors (Lipinski definition) is 2. The van der Waals surface area contributed by atoms with Crippen LogP contribution in [0.25, 0.3) is 0 Å². The van der Waals surface area contributed by atoms with Gasteiger partial charge in [-0.25, -0.2) is 13.1 Å². The zero-order valence-corrected chi connectivity index (χ0v) is 14.5. The van der Waals surface area contributed by atoms with Gasteiger partial charge in [0.2, 0.25) is 10.0 Å². The van der Waals surface area contributed by atoms with Crippen molar-refractivity contribution in [3.05, 3.63) is 45.2 Å². The molecule has 5 nitrogen and oxygen atoms in total. The Hall–Kier alpha value is -0.830. The van der Waals surface area contributed by atoms with Crippen molar-refractivity contribution in [2.45, 2.75) is 11.4 Å². The van der Waals surface area contributed by atoms with Gasteiger partial charge in [0, 0.05) is 5.69 Å². The van der Waals surface area contributed by atoms with E-state index in [4.69, 9.17) is 4.42 Å². The number of benzene rings is 1. The normalized spacial score (nSPS) is 11.6. The van der Waals surface area contributed by atoms with Crippen LogP contribution in [-0.2, 0) is 16.6 Å². The first-order valence-electron chi connectivity index (χ1n) is 5.63. The lowest BCUT2D eigenvalue weighted by Crippen LogP contribution is -2.18. The average Bonchev–Trinajstić information content (AvgIpc) is 2.76. The second-order valence-electron chi connectivity index (χ2n) is 3.92. The van der Waals surface area contributed by atoms with Gasteiger partial charge in [0.25, 0.3) is 0 Å². The summed E-state index contributed by atoms with van der Waals surface area (Å²) in [7, 11) is -2.05. The summed E-state index contributed by atoms with van der Waals surface area (Å²) < 4.78 is 32.6. The van der Waals surface area contributed by atoms with Crippen molar-refractivity contribution in [2.75, 3.05) is 12.4 Å². The van der Waals surface area contributed by atoms with E-state index in [1.165, 1.54) is 13.1 Å². The zero-order valence-electron chi connectivity index (χ0n) is 10.5. The van der Waals surface area contributed by atoms with Gasteiger partial charge in [-0.15, -0.1) is 0 Å². The summed E-state index contributed by atoms with van der Waals surface area (Å²) in [5.74, 6) is 0.727. The van der Waals surface area contributed by atoms with Gasteiger partial charge in [0.1, 0.15) is 5.76 Å². The van der Waals surface area contributed by atoms with Gasteiger partial charge < -0.3 is 9.73 Å². The van der Waals surface area contributed by atoms with Gasteiger partial charge in [-0.2, -0.15) is 0 Å². The molecule has 2 rings (SSSR count). The Balaban J connectivity index is 2.12. The standard InChI is InChI=1S/C12H12Br2N2O3S/c1-15-20(17,18)10-4-2-3-8(5-10)16-7-9-6-11(13)12(14)19-9/h2-6,15-16H,7H2,1H3. The minimum atomic E-state index is -3.43. The predicted molar refractivity (Wildman–Crippen MR) is 84.1 cm³/mol. The van der Waals surface area contributed by atoms with Gasteiger partial charge in [0.15, 0.2) is 4.67 Å². The Morgan fingerprint density at radius 3 is 2.60 bits per heavy atom. The van der Waals surface area contributed by atoms with Crippen LogP contribution < -0.4 is 10.0 Å². The van der Waals surface area contributed by atoms with Gasteiger partial charge in [-0.3, -0.25) is 0 Å². The number of furan rings is 1. The second kappa shape index (κ2) is 6.30. The van der Waals surface area contributed by atoms with Gasteiger partial charge in [-0.05, 0) is 63.2 Å². The molecule has 0 saturated heterocycles. The van der Waals surface area contributed by atoms with E-state index >= 15 is 0 Å². The zero-order chi connectivity index (χ0) is 14.8. The van der Waals surface area contributed by atoms with E-state index in [-0.39, 0.29) is 4.90 Å². The fourth-order valence-corrected chi connectivity index (χ4v) is 2.99. The summed E-state index contributed by atoms with van der Waals surface area (Å²) in [4.78, 5) is 0.215. The second-order valence-corrected chi connectivity index (χ2v) is 7.38. The maximum atomic E-state index is 11.7. The van der Waals surface area contributed by atoms with E-state index in [0.717, 1.165) is 10.2 Å². The van der Waals surface area contributed by atoms with E-state index in [9.17, 15) is 8.42 Å². The molecule has 0 unspecified atom stereocenters. The first-order chi connectivity index (χ1) is 9.42. The maximum Gasteiger partial charge on any atom is 0.240 e. The highest BCUT2D eigenvalue weighted by Crippen LogP contribution is 2.27. The van der Waals surface area contributed by atoms with Crippen molar-refractivity contribution in [1.29, 1.82) is 0 Å². The van der Waals surface area contributed by atoms with E-state index in [2.05, 4.69) is 41.9 Å². The molecule has 0 aliphatic heterocycles. The lowest BCUT2D eigenvalue weighted by Gasteiger charge is -2.07. The fraction of sp³-hybridized carbons (Fsp3) is 0.167. The fourth-order valence-electron chi connectivity index (χ4n) is 1.56. The van der Waals surface area contributed by atoms with Gasteiger partial charge >= 0.3 is 0 Å². The number of halogens is 2. The van der Waals surface area contributed by atoms with E-state index < -0.39 is 10.0 Å². The summed E-state index contributed by atoms with van der Waals surface area (Å²) in [6, 6.07) is 8.42. The van der Waals surface area contributed by atoms with Gasteiger partial charge in [0.05, 0.1) is 15.9 Å². The van der Waals surface area contributed by atoms with Crippen LogP contribution in [0.2, 0.25) is 0 Å². The predicted octanol–water partition coefficient (Wildman–Crippen LogP) is 3.32. The third-order valence-electron chi connectivity index (χ3n) is 2.58. The molecule has 8 heteroatoms.